The van der Waals surface area contributed by atoms with Gasteiger partial charge in [0.15, 0.2) is 0 Å². The Balaban J connectivity index is 1.05. The first kappa shape index (κ1) is 51.3. The SMILES string of the molecule is [2H]c1c([2H])c([2H])c(-c2c([2H])c([2H])c3c(c2[2H])B2c4c([2H])c([2H])c(-c5c([2H])c([2H])c([2H])c([2H])c5[2H])c([2H])c4N(c4c(-c5ccccc5)cc(C(C)(C)C)cc4-c4ccccc4)c4c([2H])c5c(c(c42)O3)B2c3c(cc(C(C)(C)C)cc3N(c3cccc4c3c3ccccc3n4-c3ccccc3)c3c([2H])c(-c4c([2H])c([2H])c([2H])c([2H])c4[2H])c([2H])c([2H])c32)N5c2c(-c3ccccc3)cc(C(C)(C)C)cc2-c2ccccc2)c([2H])c1[2H]. The molecule has 0 radical (unpaired) electrons. The van der Waals surface area contributed by atoms with Crippen LogP contribution in [0.1, 0.15) is 113 Å². The van der Waals surface area contributed by atoms with Gasteiger partial charge in [-0.2, -0.15) is 0 Å². The number of nitrogens with zero attached hydrogens (tertiary/aromatic N) is 4. The highest BCUT2D eigenvalue weighted by atomic mass is 16.5. The molecule has 578 valence electrons. The van der Waals surface area contributed by atoms with Gasteiger partial charge in [0, 0.05) is 72.8 Å². The molecule has 0 fully saturated rings. The third-order valence-corrected chi connectivity index (χ3v) is 23.9. The Morgan fingerprint density at radius 1 is 0.281 bits per heavy atom. The fraction of sp³-hybridized carbons (Fsp3) is 0.105. The number of rotatable bonds is 11. The highest BCUT2D eigenvalue weighted by Crippen LogP contribution is 2.58. The molecule has 1 aromatic heterocycles. The minimum atomic E-state index is -2.04. The number of hydrogen-bond donors (Lipinski definition) is 0. The second-order valence-corrected chi connectivity index (χ2v) is 34.3. The fourth-order valence-corrected chi connectivity index (χ4v) is 18.1. The molecule has 22 rings (SSSR count). The molecule has 121 heavy (non-hydrogen) atoms. The number of fused-ring (bicyclic) bond motifs is 12. The zero-order chi connectivity index (χ0) is 103. The summed E-state index contributed by atoms with van der Waals surface area (Å²) in [6, 6.07) is 53.4. The Morgan fingerprint density at radius 2 is 0.669 bits per heavy atom. The molecular formula is C114H90B2N4O. The van der Waals surface area contributed by atoms with Crippen LogP contribution in [0.2, 0.25) is 0 Å². The minimum Gasteiger partial charge on any atom is -0.459 e. The number of hydrogen-bond acceptors (Lipinski definition) is 4. The molecule has 0 saturated carbocycles. The predicted octanol–water partition coefficient (Wildman–Crippen LogP) is 26.8. The number of para-hydroxylation sites is 2. The maximum absolute atomic E-state index is 13.1. The largest absolute Gasteiger partial charge is 0.459 e. The van der Waals surface area contributed by atoms with Gasteiger partial charge in [-0.15, -0.1) is 0 Å². The number of anilines is 9. The zero-order valence-electron chi connectivity index (χ0n) is 92.8. The lowest BCUT2D eigenvalue weighted by Gasteiger charge is -2.49. The van der Waals surface area contributed by atoms with Gasteiger partial charge in [0.1, 0.15) is 11.5 Å². The van der Waals surface area contributed by atoms with Crippen LogP contribution < -0.4 is 52.2 Å². The van der Waals surface area contributed by atoms with E-state index in [1.807, 2.05) is 270 Å². The predicted molar refractivity (Wildman–Crippen MR) is 515 cm³/mol. The molecule has 0 saturated heterocycles. The van der Waals surface area contributed by atoms with Gasteiger partial charge in [0.25, 0.3) is 13.4 Å². The average molecular weight is 1580 g/mol. The molecule has 0 bridgehead atoms. The maximum Gasteiger partial charge on any atom is 0.256 e. The minimum absolute atomic E-state index is 0.0769. The van der Waals surface area contributed by atoms with E-state index >= 15 is 0 Å². The lowest BCUT2D eigenvalue weighted by atomic mass is 9.30. The van der Waals surface area contributed by atoms with Crippen LogP contribution in [0.3, 0.4) is 0 Å². The molecular weight excluding hydrogens is 1460 g/mol. The van der Waals surface area contributed by atoms with Gasteiger partial charge >= 0.3 is 0 Å². The molecule has 5 heterocycles. The van der Waals surface area contributed by atoms with Crippen LogP contribution in [-0.2, 0) is 16.2 Å². The first-order valence-corrected chi connectivity index (χ1v) is 40.7. The molecule has 4 aliphatic rings. The van der Waals surface area contributed by atoms with Gasteiger partial charge in [-0.25, -0.2) is 0 Å². The van der Waals surface area contributed by atoms with Crippen molar-refractivity contribution in [3.63, 3.8) is 0 Å². The standard InChI is InChI=1S/C114H90B2N4O/c1-112(2,3)83-66-88(76-43-24-13-25-44-76)109(89(67-83)77-45-26-14-27-46-77)119-99-65-82(75-41-22-12-23-42-75)57-60-92(99)115-94-63-80(73-37-18-10-19-38-73)59-62-104(94)121-111-107(115)102(119)72-103-108(111)116-93-61-58-81(74-39-20-11-21-40-74)64-98(93)118(97-56-36-55-96-105(97)87-53-34-35-54-95(87)117(96)86-51-32-17-33-52-86)100-70-85(114(7,8)9)71-101(106(100)116)120(103)110-90(78-47-28-15-29-48-78)68-84(113(4,5)6)69-91(110)79-49-30-16-31-50-79/h10-72H,1-9H3/i10D,11D,12D,18D,19D,20D,21D,22D,23D,37D,38D,39D,40D,41D,42D,57D,58D,59D,60D,61D,62D,63D,64D,65D,72D. The molecule has 0 spiro atoms. The van der Waals surface area contributed by atoms with E-state index in [0.29, 0.717) is 94.6 Å². The summed E-state index contributed by atoms with van der Waals surface area (Å²) in [5.41, 5.74) is 2.40. The Hall–Kier alpha value is -14.1. The number of aromatic nitrogens is 1. The normalized spacial score (nSPS) is 16.0. The Bertz CT molecular complexity index is 8590. The second-order valence-electron chi connectivity index (χ2n) is 34.3. The van der Waals surface area contributed by atoms with E-state index in [4.69, 9.17) is 8.85 Å². The van der Waals surface area contributed by atoms with Crippen LogP contribution in [0.4, 0.5) is 51.2 Å². The van der Waals surface area contributed by atoms with Gasteiger partial charge in [-0.1, -0.05) is 353 Å². The fourth-order valence-electron chi connectivity index (χ4n) is 18.1. The maximum atomic E-state index is 13.1. The van der Waals surface area contributed by atoms with Crippen molar-refractivity contribution in [2.45, 2.75) is 78.6 Å². The molecule has 18 aromatic rings. The van der Waals surface area contributed by atoms with Crippen molar-refractivity contribution in [2.24, 2.45) is 0 Å². The van der Waals surface area contributed by atoms with Crippen molar-refractivity contribution >= 4 is 119 Å². The third kappa shape index (κ3) is 12.1. The molecule has 0 atom stereocenters. The average Bonchev–Trinajstić information content (AvgIpc) is 0.975. The van der Waals surface area contributed by atoms with Crippen LogP contribution in [-0.4, -0.2) is 18.0 Å². The van der Waals surface area contributed by atoms with E-state index in [2.05, 4.69) is 37.5 Å². The Morgan fingerprint density at radius 3 is 1.15 bits per heavy atom. The van der Waals surface area contributed by atoms with Crippen LogP contribution in [0, 0.1) is 0 Å². The highest BCUT2D eigenvalue weighted by molar-refractivity contribution is 7.03. The summed E-state index contributed by atoms with van der Waals surface area (Å²) in [6.07, 6.45) is 0. The molecule has 0 N–H and O–H groups in total. The van der Waals surface area contributed by atoms with Crippen LogP contribution in [0.5, 0.6) is 11.5 Å². The van der Waals surface area contributed by atoms with Gasteiger partial charge in [-0.05, 0) is 212 Å². The van der Waals surface area contributed by atoms with Crippen molar-refractivity contribution < 1.29 is 39.0 Å². The number of benzene rings is 17. The van der Waals surface area contributed by atoms with Crippen LogP contribution in [0.25, 0.3) is 105 Å². The quantitative estimate of drug-likeness (QED) is 0.120. The smallest absolute Gasteiger partial charge is 0.256 e. The lowest BCUT2D eigenvalue weighted by Crippen LogP contribution is -2.65. The molecule has 5 nitrogen and oxygen atoms in total. The van der Waals surface area contributed by atoms with E-state index < -0.39 is 231 Å². The van der Waals surface area contributed by atoms with E-state index in [-0.39, 0.29) is 50.4 Å². The van der Waals surface area contributed by atoms with Crippen molar-refractivity contribution in [1.29, 1.82) is 0 Å². The van der Waals surface area contributed by atoms with E-state index in [0.717, 1.165) is 22.3 Å². The topological polar surface area (TPSA) is 23.9 Å². The van der Waals surface area contributed by atoms with Gasteiger partial charge in [-0.3, -0.25) is 0 Å². The Labute approximate surface area is 746 Å². The highest BCUT2D eigenvalue weighted by Gasteiger charge is 2.53. The van der Waals surface area contributed by atoms with Crippen LogP contribution >= 0.6 is 0 Å². The summed E-state index contributed by atoms with van der Waals surface area (Å²) in [5, 5.41) is 1.31. The van der Waals surface area contributed by atoms with Crippen molar-refractivity contribution in [3.05, 3.63) is 398 Å². The number of ether oxygens (including phenoxy) is 1. The van der Waals surface area contributed by atoms with E-state index in [1.54, 1.807) is 4.90 Å². The summed E-state index contributed by atoms with van der Waals surface area (Å²) < 4.78 is 267. The zero-order valence-corrected chi connectivity index (χ0v) is 67.8. The summed E-state index contributed by atoms with van der Waals surface area (Å²) in [6.45, 7) is 14.8. The lowest BCUT2D eigenvalue weighted by molar-refractivity contribution is 0.491. The first-order chi connectivity index (χ1) is 69.4. The first-order valence-electron chi connectivity index (χ1n) is 53.2. The molecule has 4 aliphatic heterocycles. The van der Waals surface area contributed by atoms with Crippen LogP contribution in [0.15, 0.2) is 382 Å². The summed E-state index contributed by atoms with van der Waals surface area (Å²) in [7, 11) is 0. The molecule has 0 aliphatic carbocycles. The van der Waals surface area contributed by atoms with Crippen molar-refractivity contribution in [2.75, 3.05) is 14.7 Å². The molecule has 0 amide bonds. The van der Waals surface area contributed by atoms with Gasteiger partial charge in [0.2, 0.25) is 0 Å². The second kappa shape index (κ2) is 28.3. The summed E-state index contributed by atoms with van der Waals surface area (Å²) in [4.78, 5) is 5.51. The summed E-state index contributed by atoms with van der Waals surface area (Å²) >= 11 is 0. The van der Waals surface area contributed by atoms with E-state index in [9.17, 15) is 30.2 Å². The van der Waals surface area contributed by atoms with Gasteiger partial charge < -0.3 is 24.0 Å². The van der Waals surface area contributed by atoms with Crippen molar-refractivity contribution in [3.8, 4) is 95.1 Å². The van der Waals surface area contributed by atoms with E-state index in [1.165, 1.54) is 0 Å². The summed E-state index contributed by atoms with van der Waals surface area (Å²) in [5.74, 6) is -0.965. The van der Waals surface area contributed by atoms with Crippen molar-refractivity contribution in [1.82, 2.24) is 4.57 Å². The molecule has 7 heteroatoms. The monoisotopic (exact) mass is 1580 g/mol. The molecule has 17 aromatic carbocycles. The molecule has 0 unspecified atom stereocenters. The third-order valence-electron chi connectivity index (χ3n) is 23.9. The van der Waals surface area contributed by atoms with Gasteiger partial charge in [0.05, 0.1) is 62.4 Å². The Kier molecular flexibility index (Phi) is 12.0.